The molecular weight excluding hydrogens is 340 g/mol. The normalized spacial score (nSPS) is 10.8. The van der Waals surface area contributed by atoms with Crippen LogP contribution in [0.3, 0.4) is 0 Å². The first kappa shape index (κ1) is 17.2. The zero-order chi connectivity index (χ0) is 18.0. The van der Waals surface area contributed by atoms with E-state index in [0.29, 0.717) is 38.1 Å². The smallest absolute Gasteiger partial charge is 0.310 e. The van der Waals surface area contributed by atoms with Crippen LogP contribution >= 0.6 is 11.6 Å². The fourth-order valence-electron chi connectivity index (χ4n) is 2.66. The molecule has 3 rings (SSSR count). The summed E-state index contributed by atoms with van der Waals surface area (Å²) < 4.78 is 11.2. The minimum atomic E-state index is -0.343. The monoisotopic (exact) mass is 356 g/mol. The van der Waals surface area contributed by atoms with Crippen LogP contribution in [0.25, 0.3) is 21.5 Å². The number of rotatable bonds is 4. The van der Waals surface area contributed by atoms with Gasteiger partial charge in [0.2, 0.25) is 0 Å². The van der Waals surface area contributed by atoms with Crippen molar-refractivity contribution in [2.45, 2.75) is 26.7 Å². The largest absolute Gasteiger partial charge is 0.425 e. The lowest BCUT2D eigenvalue weighted by Gasteiger charge is -2.16. The van der Waals surface area contributed by atoms with Gasteiger partial charge in [-0.1, -0.05) is 49.7 Å². The van der Waals surface area contributed by atoms with Gasteiger partial charge in [-0.2, -0.15) is 0 Å². The summed E-state index contributed by atoms with van der Waals surface area (Å²) in [5.74, 6) is 0.200. The maximum Gasteiger partial charge on any atom is 0.310 e. The van der Waals surface area contributed by atoms with Gasteiger partial charge in [0, 0.05) is 39.4 Å². The minimum Gasteiger partial charge on any atom is -0.425 e. The van der Waals surface area contributed by atoms with Crippen LogP contribution in [0, 0.1) is 0 Å². The first-order valence-electron chi connectivity index (χ1n) is 8.10. The number of carbonyl (C=O) groups is 2. The molecule has 0 unspecified atom stereocenters. The van der Waals surface area contributed by atoms with E-state index in [1.54, 1.807) is 32.0 Å². The van der Waals surface area contributed by atoms with Crippen LogP contribution in [-0.4, -0.2) is 11.9 Å². The number of ether oxygens (including phenoxy) is 2. The van der Waals surface area contributed by atoms with Gasteiger partial charge in [0.05, 0.1) is 0 Å². The van der Waals surface area contributed by atoms with Gasteiger partial charge >= 0.3 is 11.9 Å². The molecule has 0 saturated carbocycles. The van der Waals surface area contributed by atoms with Crippen LogP contribution in [0.5, 0.6) is 11.5 Å². The zero-order valence-corrected chi connectivity index (χ0v) is 14.7. The Bertz CT molecular complexity index is 978. The average Bonchev–Trinajstić information content (AvgIpc) is 2.63. The summed E-state index contributed by atoms with van der Waals surface area (Å²) in [6.45, 7) is 3.47. The molecule has 3 aromatic carbocycles. The Kier molecular flexibility index (Phi) is 4.91. The summed E-state index contributed by atoms with van der Waals surface area (Å²) in [5, 5.41) is 3.20. The summed E-state index contributed by atoms with van der Waals surface area (Å²) in [4.78, 5) is 23.8. The molecule has 0 heterocycles. The molecule has 25 heavy (non-hydrogen) atoms. The van der Waals surface area contributed by atoms with Crippen molar-refractivity contribution in [1.29, 1.82) is 0 Å². The van der Waals surface area contributed by atoms with Gasteiger partial charge < -0.3 is 9.47 Å². The molecule has 0 spiro atoms. The van der Waals surface area contributed by atoms with E-state index >= 15 is 0 Å². The van der Waals surface area contributed by atoms with Gasteiger partial charge in [0.15, 0.2) is 0 Å². The van der Waals surface area contributed by atoms with E-state index in [1.165, 1.54) is 0 Å². The molecule has 0 saturated heterocycles. The molecule has 0 bridgehead atoms. The van der Waals surface area contributed by atoms with Crippen molar-refractivity contribution in [3.8, 4) is 11.5 Å². The second-order valence-corrected chi connectivity index (χ2v) is 5.99. The number of hydrogen-bond donors (Lipinski definition) is 0. The Morgan fingerprint density at radius 1 is 0.800 bits per heavy atom. The molecule has 0 amide bonds. The Morgan fingerprint density at radius 3 is 1.80 bits per heavy atom. The summed E-state index contributed by atoms with van der Waals surface area (Å²) in [5.41, 5.74) is 0. The molecule has 0 aliphatic rings. The Labute approximate surface area is 150 Å². The molecule has 5 heteroatoms. The molecule has 3 aromatic rings. The van der Waals surface area contributed by atoms with E-state index in [-0.39, 0.29) is 24.8 Å². The number of fused-ring (bicyclic) bond motifs is 2. The van der Waals surface area contributed by atoms with Crippen LogP contribution in [0.2, 0.25) is 5.02 Å². The molecule has 0 aromatic heterocycles. The molecule has 0 atom stereocenters. The van der Waals surface area contributed by atoms with Crippen LogP contribution in [-0.2, 0) is 9.59 Å². The lowest BCUT2D eigenvalue weighted by molar-refractivity contribution is -0.134. The van der Waals surface area contributed by atoms with Crippen molar-refractivity contribution in [2.24, 2.45) is 0 Å². The molecule has 128 valence electrons. The number of halogens is 1. The van der Waals surface area contributed by atoms with Crippen LogP contribution < -0.4 is 9.47 Å². The maximum atomic E-state index is 11.9. The van der Waals surface area contributed by atoms with Crippen molar-refractivity contribution in [3.05, 3.63) is 47.5 Å². The van der Waals surface area contributed by atoms with Crippen molar-refractivity contribution in [3.63, 3.8) is 0 Å². The summed E-state index contributed by atoms with van der Waals surface area (Å²) in [7, 11) is 0. The molecule has 0 fully saturated rings. The topological polar surface area (TPSA) is 52.6 Å². The number of benzene rings is 3. The lowest BCUT2D eigenvalue weighted by atomic mass is 10.0. The quantitative estimate of drug-likeness (QED) is 0.362. The molecule has 0 radical (unpaired) electrons. The van der Waals surface area contributed by atoms with E-state index in [2.05, 4.69) is 0 Å². The maximum absolute atomic E-state index is 11.9. The third kappa shape index (κ3) is 3.30. The van der Waals surface area contributed by atoms with Crippen LogP contribution in [0.15, 0.2) is 42.5 Å². The lowest BCUT2D eigenvalue weighted by Crippen LogP contribution is -2.09. The number of carbonyl (C=O) groups excluding carboxylic acids is 2. The van der Waals surface area contributed by atoms with E-state index in [9.17, 15) is 9.59 Å². The molecule has 4 nitrogen and oxygen atoms in total. The van der Waals surface area contributed by atoms with Crippen LogP contribution in [0.1, 0.15) is 26.7 Å². The van der Waals surface area contributed by atoms with E-state index < -0.39 is 0 Å². The molecule has 0 N–H and O–H groups in total. The van der Waals surface area contributed by atoms with Gasteiger partial charge in [0.1, 0.15) is 11.5 Å². The highest BCUT2D eigenvalue weighted by molar-refractivity contribution is 6.31. The second-order valence-electron chi connectivity index (χ2n) is 5.55. The predicted molar refractivity (Wildman–Crippen MR) is 98.3 cm³/mol. The highest BCUT2D eigenvalue weighted by atomic mass is 35.5. The van der Waals surface area contributed by atoms with Gasteiger partial charge in [-0.05, 0) is 18.2 Å². The van der Waals surface area contributed by atoms with Gasteiger partial charge in [0.25, 0.3) is 0 Å². The van der Waals surface area contributed by atoms with Crippen molar-refractivity contribution in [1.82, 2.24) is 0 Å². The summed E-state index contributed by atoms with van der Waals surface area (Å²) in [6.07, 6.45) is 0.513. The van der Waals surface area contributed by atoms with Crippen molar-refractivity contribution < 1.29 is 19.1 Å². The van der Waals surface area contributed by atoms with Gasteiger partial charge in [-0.3, -0.25) is 9.59 Å². The Morgan fingerprint density at radius 2 is 1.28 bits per heavy atom. The first-order valence-corrected chi connectivity index (χ1v) is 8.48. The fourth-order valence-corrected chi connectivity index (χ4v) is 2.84. The SMILES string of the molecule is CCC(=O)Oc1c2ccccc2c(OC(=O)CC)c2cc(Cl)ccc12. The minimum absolute atomic E-state index is 0.253. The number of hydrogen-bond acceptors (Lipinski definition) is 4. The van der Waals surface area contributed by atoms with Gasteiger partial charge in [-0.15, -0.1) is 0 Å². The molecular formula is C20H17ClO4. The van der Waals surface area contributed by atoms with Gasteiger partial charge in [-0.25, -0.2) is 0 Å². The van der Waals surface area contributed by atoms with E-state index in [4.69, 9.17) is 21.1 Å². The van der Waals surface area contributed by atoms with Crippen molar-refractivity contribution >= 4 is 45.1 Å². The summed E-state index contributed by atoms with van der Waals surface area (Å²) in [6, 6.07) is 12.6. The molecule has 0 aliphatic heterocycles. The van der Waals surface area contributed by atoms with E-state index in [0.717, 1.165) is 0 Å². The fraction of sp³-hybridized carbons (Fsp3) is 0.200. The third-order valence-electron chi connectivity index (χ3n) is 3.90. The number of esters is 2. The average molecular weight is 357 g/mol. The second kappa shape index (κ2) is 7.11. The predicted octanol–water partition coefficient (Wildman–Crippen LogP) is 5.28. The third-order valence-corrected chi connectivity index (χ3v) is 4.13. The Balaban J connectivity index is 2.40. The zero-order valence-electron chi connectivity index (χ0n) is 14.0. The van der Waals surface area contributed by atoms with Crippen molar-refractivity contribution in [2.75, 3.05) is 0 Å². The summed E-state index contributed by atoms with van der Waals surface area (Å²) >= 11 is 6.15. The standard InChI is InChI=1S/C20H17ClO4/c1-3-17(22)24-19-13-7-5-6-8-14(13)20(25-18(23)4-2)16-11-12(21)9-10-15(16)19/h5-11H,3-4H2,1-2H3. The Hall–Kier alpha value is -2.59. The van der Waals surface area contributed by atoms with E-state index in [1.807, 2.05) is 24.3 Å². The highest BCUT2D eigenvalue weighted by Gasteiger charge is 2.19. The highest BCUT2D eigenvalue weighted by Crippen LogP contribution is 2.43. The first-order chi connectivity index (χ1) is 12.0. The molecule has 0 aliphatic carbocycles. The van der Waals surface area contributed by atoms with Crippen LogP contribution in [0.4, 0.5) is 0 Å².